The molecule has 7 nitrogen and oxygen atoms in total. The first kappa shape index (κ1) is 15.1. The van der Waals surface area contributed by atoms with Gasteiger partial charge in [0, 0.05) is 6.54 Å². The molecule has 1 aromatic rings. The molecule has 0 fully saturated rings. The third kappa shape index (κ3) is 3.43. The number of nitrogens with one attached hydrogen (secondary N) is 2. The Morgan fingerprint density at radius 2 is 1.90 bits per heavy atom. The molecule has 1 atom stereocenters. The zero-order valence-electron chi connectivity index (χ0n) is 11.9. The van der Waals surface area contributed by atoms with E-state index in [1.54, 1.807) is 32.0 Å². The third-order valence-electron chi connectivity index (χ3n) is 3.13. The number of amides is 2. The minimum atomic E-state index is -1.33. The second-order valence-corrected chi connectivity index (χ2v) is 4.88. The number of carbonyl (C=O) groups excluding carboxylic acids is 2. The predicted octanol–water partition coefficient (Wildman–Crippen LogP) is -0.125. The van der Waals surface area contributed by atoms with Crippen LogP contribution >= 0.6 is 0 Å². The maximum Gasteiger partial charge on any atom is 0.309 e. The van der Waals surface area contributed by atoms with Crippen LogP contribution in [0.2, 0.25) is 0 Å². The second-order valence-electron chi connectivity index (χ2n) is 4.88. The Bertz CT molecular complexity index is 556. The van der Waals surface area contributed by atoms with E-state index in [1.807, 2.05) is 0 Å². The summed E-state index contributed by atoms with van der Waals surface area (Å²) in [5.74, 6) is -0.347. The van der Waals surface area contributed by atoms with Gasteiger partial charge in [-0.05, 0) is 31.5 Å². The van der Waals surface area contributed by atoms with Crippen LogP contribution < -0.4 is 20.1 Å². The van der Waals surface area contributed by atoms with E-state index in [4.69, 9.17) is 9.47 Å². The van der Waals surface area contributed by atoms with Crippen molar-refractivity contribution in [2.45, 2.75) is 19.4 Å². The Kier molecular flexibility index (Phi) is 4.32. The quantitative estimate of drug-likeness (QED) is 0.672. The van der Waals surface area contributed by atoms with Crippen LogP contribution in [-0.2, 0) is 15.2 Å². The van der Waals surface area contributed by atoms with Crippen molar-refractivity contribution in [1.82, 2.24) is 10.6 Å². The molecule has 114 valence electrons. The minimum absolute atomic E-state index is 0.0946. The van der Waals surface area contributed by atoms with Gasteiger partial charge in [-0.1, -0.05) is 6.07 Å². The van der Waals surface area contributed by atoms with E-state index < -0.39 is 17.4 Å². The summed E-state index contributed by atoms with van der Waals surface area (Å²) in [5, 5.41) is 15.2. The molecule has 2 rings (SSSR count). The van der Waals surface area contributed by atoms with Crippen LogP contribution in [0.4, 0.5) is 0 Å². The molecule has 0 radical (unpaired) electrons. The van der Waals surface area contributed by atoms with Crippen LogP contribution in [0.1, 0.15) is 19.4 Å². The molecule has 3 N–H and O–H groups in total. The molecule has 0 aliphatic carbocycles. The second kappa shape index (κ2) is 6.01. The molecule has 0 unspecified atom stereocenters. The molecular weight excluding hydrogens is 276 g/mol. The predicted molar refractivity (Wildman–Crippen MR) is 73.8 cm³/mol. The fourth-order valence-corrected chi connectivity index (χ4v) is 1.91. The normalized spacial score (nSPS) is 15.2. The van der Waals surface area contributed by atoms with Gasteiger partial charge in [-0.15, -0.1) is 0 Å². The Hall–Kier alpha value is -2.28. The molecule has 1 aromatic carbocycles. The molecule has 1 aliphatic heterocycles. The smallest absolute Gasteiger partial charge is 0.309 e. The standard InChI is InChI=1S/C14H18N2O5/c1-3-15-12(17)13(18)16-7-14(2,19)9-4-5-10-11(6-9)21-8-20-10/h4-6,19H,3,7-8H2,1-2H3,(H,15,17)(H,16,18)/t14-/m0/s1. The molecular formula is C14H18N2O5. The topological polar surface area (TPSA) is 96.9 Å². The number of aliphatic hydroxyl groups is 1. The number of likely N-dealkylation sites (N-methyl/N-ethyl adjacent to an activating group) is 1. The highest BCUT2D eigenvalue weighted by Gasteiger charge is 2.27. The molecule has 0 bridgehead atoms. The van der Waals surface area contributed by atoms with Crippen LogP contribution in [0.25, 0.3) is 0 Å². The summed E-state index contributed by atoms with van der Waals surface area (Å²) in [5.41, 5.74) is -0.772. The first-order chi connectivity index (χ1) is 9.94. The summed E-state index contributed by atoms with van der Waals surface area (Å²) in [6.07, 6.45) is 0. The Labute approximate surface area is 122 Å². The van der Waals surface area contributed by atoms with Gasteiger partial charge in [0.05, 0.1) is 6.54 Å². The summed E-state index contributed by atoms with van der Waals surface area (Å²) in [6.45, 7) is 3.68. The number of ether oxygens (including phenoxy) is 2. The van der Waals surface area contributed by atoms with Gasteiger partial charge in [0.25, 0.3) is 0 Å². The van der Waals surface area contributed by atoms with Crippen LogP contribution in [0, 0.1) is 0 Å². The molecule has 0 saturated carbocycles. The largest absolute Gasteiger partial charge is 0.454 e. The fraction of sp³-hybridized carbons (Fsp3) is 0.429. The van der Waals surface area contributed by atoms with Gasteiger partial charge in [0.2, 0.25) is 6.79 Å². The van der Waals surface area contributed by atoms with E-state index in [9.17, 15) is 14.7 Å². The van der Waals surface area contributed by atoms with E-state index in [-0.39, 0.29) is 13.3 Å². The van der Waals surface area contributed by atoms with Crippen molar-refractivity contribution >= 4 is 11.8 Å². The number of hydrogen-bond donors (Lipinski definition) is 3. The number of rotatable bonds is 4. The van der Waals surface area contributed by atoms with Crippen LogP contribution in [0.15, 0.2) is 18.2 Å². The van der Waals surface area contributed by atoms with Crippen molar-refractivity contribution in [2.24, 2.45) is 0 Å². The van der Waals surface area contributed by atoms with Crippen molar-refractivity contribution in [3.05, 3.63) is 23.8 Å². The Morgan fingerprint density at radius 1 is 1.24 bits per heavy atom. The average molecular weight is 294 g/mol. The van der Waals surface area contributed by atoms with E-state index in [2.05, 4.69) is 10.6 Å². The molecule has 21 heavy (non-hydrogen) atoms. The van der Waals surface area contributed by atoms with Gasteiger partial charge < -0.3 is 25.2 Å². The number of hydrogen-bond acceptors (Lipinski definition) is 5. The Morgan fingerprint density at radius 3 is 2.62 bits per heavy atom. The lowest BCUT2D eigenvalue weighted by Gasteiger charge is -2.24. The molecule has 0 spiro atoms. The van der Waals surface area contributed by atoms with Gasteiger partial charge >= 0.3 is 11.8 Å². The van der Waals surface area contributed by atoms with Crippen LogP contribution in [0.3, 0.4) is 0 Å². The van der Waals surface area contributed by atoms with E-state index in [0.717, 1.165) is 0 Å². The number of fused-ring (bicyclic) bond motifs is 1. The lowest BCUT2D eigenvalue weighted by atomic mass is 9.95. The van der Waals surface area contributed by atoms with Gasteiger partial charge in [0.15, 0.2) is 11.5 Å². The first-order valence-electron chi connectivity index (χ1n) is 6.62. The zero-order chi connectivity index (χ0) is 15.5. The van der Waals surface area contributed by atoms with Crippen molar-refractivity contribution in [3.8, 4) is 11.5 Å². The summed E-state index contributed by atoms with van der Waals surface area (Å²) >= 11 is 0. The molecule has 0 aromatic heterocycles. The highest BCUT2D eigenvalue weighted by Crippen LogP contribution is 2.35. The zero-order valence-corrected chi connectivity index (χ0v) is 11.9. The van der Waals surface area contributed by atoms with Crippen molar-refractivity contribution in [3.63, 3.8) is 0 Å². The highest BCUT2D eigenvalue weighted by atomic mass is 16.7. The van der Waals surface area contributed by atoms with Crippen LogP contribution in [0.5, 0.6) is 11.5 Å². The van der Waals surface area contributed by atoms with Crippen LogP contribution in [-0.4, -0.2) is 36.8 Å². The Balaban J connectivity index is 2.01. The summed E-state index contributed by atoms with van der Waals surface area (Å²) in [6, 6.07) is 5.03. The van der Waals surface area contributed by atoms with Gasteiger partial charge in [0.1, 0.15) is 5.60 Å². The minimum Gasteiger partial charge on any atom is -0.454 e. The van der Waals surface area contributed by atoms with E-state index in [0.29, 0.717) is 23.6 Å². The lowest BCUT2D eigenvalue weighted by Crippen LogP contribution is -2.45. The summed E-state index contributed by atoms with van der Waals surface area (Å²) in [4.78, 5) is 22.8. The summed E-state index contributed by atoms with van der Waals surface area (Å²) < 4.78 is 10.4. The van der Waals surface area contributed by atoms with E-state index in [1.165, 1.54) is 0 Å². The molecule has 0 saturated heterocycles. The maximum atomic E-state index is 11.5. The fourth-order valence-electron chi connectivity index (χ4n) is 1.91. The monoisotopic (exact) mass is 294 g/mol. The van der Waals surface area contributed by atoms with Crippen molar-refractivity contribution < 1.29 is 24.2 Å². The molecule has 1 heterocycles. The highest BCUT2D eigenvalue weighted by molar-refractivity contribution is 6.35. The van der Waals surface area contributed by atoms with Crippen molar-refractivity contribution in [2.75, 3.05) is 19.9 Å². The number of benzene rings is 1. The first-order valence-corrected chi connectivity index (χ1v) is 6.62. The maximum absolute atomic E-state index is 11.5. The average Bonchev–Trinajstić information content (AvgIpc) is 2.92. The molecule has 1 aliphatic rings. The van der Waals surface area contributed by atoms with Gasteiger partial charge in [-0.25, -0.2) is 0 Å². The van der Waals surface area contributed by atoms with Gasteiger partial charge in [-0.3, -0.25) is 9.59 Å². The molecule has 2 amide bonds. The van der Waals surface area contributed by atoms with E-state index >= 15 is 0 Å². The SMILES string of the molecule is CCNC(=O)C(=O)NC[C@](C)(O)c1ccc2c(c1)OCO2. The van der Waals surface area contributed by atoms with Crippen molar-refractivity contribution in [1.29, 1.82) is 0 Å². The lowest BCUT2D eigenvalue weighted by molar-refractivity contribution is -0.139. The molecule has 7 heteroatoms. The van der Waals surface area contributed by atoms with Gasteiger partial charge in [-0.2, -0.15) is 0 Å². The summed E-state index contributed by atoms with van der Waals surface area (Å²) in [7, 11) is 0. The number of carbonyl (C=O) groups is 2. The third-order valence-corrected chi connectivity index (χ3v) is 3.13.